The quantitative estimate of drug-likeness (QED) is 0.164. The van der Waals surface area contributed by atoms with Gasteiger partial charge in [-0.15, -0.1) is 0 Å². The zero-order valence-corrected chi connectivity index (χ0v) is 30.8. The molecule has 0 amide bonds. The van der Waals surface area contributed by atoms with Gasteiger partial charge in [0.2, 0.25) is 0 Å². The van der Waals surface area contributed by atoms with Gasteiger partial charge in [0.25, 0.3) is 0 Å². The molecular weight excluding hydrogens is 606 g/mol. The highest BCUT2D eigenvalue weighted by Crippen LogP contribution is 2.40. The van der Waals surface area contributed by atoms with E-state index in [4.69, 9.17) is 14.2 Å². The summed E-state index contributed by atoms with van der Waals surface area (Å²) in [5.74, 6) is -4.53. The van der Waals surface area contributed by atoms with Crippen LogP contribution >= 0.6 is 0 Å². The molecule has 0 aromatic carbocycles. The molecule has 3 heterocycles. The third-order valence-electron chi connectivity index (χ3n) is 10.0. The maximum atomic E-state index is 13.9. The lowest BCUT2D eigenvalue weighted by Gasteiger charge is -2.51. The van der Waals surface area contributed by atoms with Crippen LogP contribution in [0, 0.1) is 11.8 Å². The Balaban J connectivity index is 1.80. The molecule has 3 aliphatic rings. The summed E-state index contributed by atoms with van der Waals surface area (Å²) < 4.78 is 17.7. The predicted molar refractivity (Wildman–Crippen MR) is 174 cm³/mol. The largest absolute Gasteiger partial charge is 0.462 e. The van der Waals surface area contributed by atoms with Gasteiger partial charge >= 0.3 is 17.9 Å². The molecule has 270 valence electrons. The van der Waals surface area contributed by atoms with Crippen molar-refractivity contribution in [2.45, 2.75) is 186 Å². The molecule has 0 aliphatic carbocycles. The molecule has 3 N–H and O–H groups in total. The van der Waals surface area contributed by atoms with Gasteiger partial charge in [0, 0.05) is 77.7 Å². The molecule has 0 aromatic rings. The molecule has 2 unspecified atom stereocenters. The maximum Gasteiger partial charge on any atom is 0.310 e. The van der Waals surface area contributed by atoms with Crippen molar-refractivity contribution in [2.24, 2.45) is 11.8 Å². The zero-order chi connectivity index (χ0) is 36.0. The fraction of sp³-hybridized carbons (Fsp3) is 0.886. The van der Waals surface area contributed by atoms with E-state index in [9.17, 15) is 29.6 Å². The van der Waals surface area contributed by atoms with Crippen molar-refractivity contribution in [1.82, 2.24) is 15.4 Å². The third-order valence-corrected chi connectivity index (χ3v) is 10.0. The summed E-state index contributed by atoms with van der Waals surface area (Å²) in [6.45, 7) is 23.0. The Morgan fingerprint density at radius 2 is 0.979 bits per heavy atom. The van der Waals surface area contributed by atoms with Crippen molar-refractivity contribution in [3.05, 3.63) is 0 Å². The summed E-state index contributed by atoms with van der Waals surface area (Å²) >= 11 is 0. The van der Waals surface area contributed by atoms with Crippen LogP contribution in [0.5, 0.6) is 0 Å². The lowest BCUT2D eigenvalue weighted by molar-refractivity contribution is -0.260. The van der Waals surface area contributed by atoms with Gasteiger partial charge in [-0.25, -0.2) is 0 Å². The summed E-state index contributed by atoms with van der Waals surface area (Å²) in [7, 11) is 0. The number of ether oxygens (including phenoxy) is 3. The highest BCUT2D eigenvalue weighted by Gasteiger charge is 2.49. The number of hydrogen-bond acceptors (Lipinski definition) is 12. The number of aldehydes is 1. The fourth-order valence-corrected chi connectivity index (χ4v) is 8.62. The van der Waals surface area contributed by atoms with E-state index in [1.807, 2.05) is 83.1 Å². The Labute approximate surface area is 281 Å². The monoisotopic (exact) mass is 667 g/mol. The third kappa shape index (κ3) is 9.97. The van der Waals surface area contributed by atoms with Crippen molar-refractivity contribution in [3.8, 4) is 0 Å². The fourth-order valence-electron chi connectivity index (χ4n) is 8.62. The highest BCUT2D eigenvalue weighted by molar-refractivity contribution is 5.85. The van der Waals surface area contributed by atoms with Crippen LogP contribution in [0.15, 0.2) is 0 Å². The second-order valence-corrected chi connectivity index (χ2v) is 18.1. The number of nitrogens with zero attached hydrogens (tertiary/aromatic N) is 2. The molecule has 0 saturated carbocycles. The van der Waals surface area contributed by atoms with E-state index in [-0.39, 0.29) is 11.1 Å². The molecule has 3 rings (SSSR count). The van der Waals surface area contributed by atoms with Gasteiger partial charge in [-0.1, -0.05) is 0 Å². The first kappa shape index (κ1) is 39.3. The van der Waals surface area contributed by atoms with E-state index >= 15 is 0 Å². The summed E-state index contributed by atoms with van der Waals surface area (Å²) in [6.07, 6.45) is 0.728. The minimum atomic E-state index is -1.26. The van der Waals surface area contributed by atoms with E-state index in [0.29, 0.717) is 44.8 Å². The number of hydrogen-bond donors (Lipinski definition) is 3. The summed E-state index contributed by atoms with van der Waals surface area (Å²) in [6, 6.07) is 0. The molecule has 3 fully saturated rings. The lowest BCUT2D eigenvalue weighted by atomic mass is 9.80. The van der Waals surface area contributed by atoms with E-state index < -0.39 is 83.1 Å². The summed E-state index contributed by atoms with van der Waals surface area (Å²) in [4.78, 5) is 53.1. The van der Waals surface area contributed by atoms with Crippen LogP contribution in [0.3, 0.4) is 0 Å². The number of carbonyl (C=O) groups is 4. The summed E-state index contributed by atoms with van der Waals surface area (Å²) in [5.41, 5.74) is -3.27. The zero-order valence-electron chi connectivity index (χ0n) is 30.8. The Hall–Kier alpha value is -2.12. The first-order chi connectivity index (χ1) is 21.2. The molecule has 2 atom stereocenters. The van der Waals surface area contributed by atoms with Gasteiger partial charge in [0.1, 0.15) is 24.6 Å². The number of rotatable bonds is 10. The number of esters is 3. The van der Waals surface area contributed by atoms with E-state index in [1.165, 1.54) is 10.1 Å². The SMILES string of the molecule is CC1(C)CC(OC(=O)C(CC(=O)OC2CC(C)(C)N(O)C(C)(C)C2)C(C=O)CC(=O)OC2CC(C)(C)N(O)C(C)(C)C2)CC(C)(C)N1. The standard InChI is InChI=1S/C35H61N3O9/c1-30(2)15-23(16-31(3,4)36-30)47-29(42)26(14-28(41)46-25-19-34(9,10)38(44)35(11,12)20-25)22(21-39)13-27(40)45-24-17-32(5,6)37(43)33(7,8)18-24/h21-26,36,43-44H,13-20H2,1-12H3. The van der Waals surface area contributed by atoms with Crippen molar-refractivity contribution in [2.75, 3.05) is 0 Å². The van der Waals surface area contributed by atoms with Gasteiger partial charge in [-0.3, -0.25) is 14.4 Å². The number of piperidine rings is 3. The molecule has 3 saturated heterocycles. The van der Waals surface area contributed by atoms with Crippen molar-refractivity contribution < 1.29 is 43.8 Å². The molecule has 0 bridgehead atoms. The van der Waals surface area contributed by atoms with Crippen molar-refractivity contribution >= 4 is 24.2 Å². The van der Waals surface area contributed by atoms with Gasteiger partial charge in [0.05, 0.1) is 18.8 Å². The minimum absolute atomic E-state index is 0.318. The average Bonchev–Trinajstić information content (AvgIpc) is 2.85. The van der Waals surface area contributed by atoms with Crippen molar-refractivity contribution in [1.29, 1.82) is 0 Å². The van der Waals surface area contributed by atoms with Gasteiger partial charge in [-0.2, -0.15) is 10.1 Å². The summed E-state index contributed by atoms with van der Waals surface area (Å²) in [5, 5.41) is 27.4. The van der Waals surface area contributed by atoms with Crippen LogP contribution in [0.4, 0.5) is 0 Å². The molecule has 47 heavy (non-hydrogen) atoms. The van der Waals surface area contributed by atoms with Crippen LogP contribution in [0.2, 0.25) is 0 Å². The Bertz CT molecular complexity index is 1130. The Morgan fingerprint density at radius 3 is 1.34 bits per heavy atom. The number of hydroxylamine groups is 4. The topological polar surface area (TPSA) is 155 Å². The highest BCUT2D eigenvalue weighted by atomic mass is 16.6. The molecular formula is C35H61N3O9. The van der Waals surface area contributed by atoms with Crippen molar-refractivity contribution in [3.63, 3.8) is 0 Å². The number of carbonyl (C=O) groups excluding carboxylic acids is 4. The van der Waals surface area contributed by atoms with E-state index in [2.05, 4.69) is 5.32 Å². The molecule has 12 heteroatoms. The molecule has 0 radical (unpaired) electrons. The second kappa shape index (κ2) is 13.7. The van der Waals surface area contributed by atoms with Gasteiger partial charge in [-0.05, 0) is 83.1 Å². The molecule has 3 aliphatic heterocycles. The van der Waals surface area contributed by atoms with Crippen LogP contribution in [-0.4, -0.2) is 96.3 Å². The minimum Gasteiger partial charge on any atom is -0.462 e. The normalized spacial score (nSPS) is 27.3. The first-order valence-corrected chi connectivity index (χ1v) is 17.0. The first-order valence-electron chi connectivity index (χ1n) is 17.0. The van der Waals surface area contributed by atoms with Gasteiger partial charge < -0.3 is 34.7 Å². The second-order valence-electron chi connectivity index (χ2n) is 18.1. The molecule has 0 aromatic heterocycles. The van der Waals surface area contributed by atoms with Crippen LogP contribution < -0.4 is 5.32 Å². The lowest BCUT2D eigenvalue weighted by Crippen LogP contribution is -2.60. The van der Waals surface area contributed by atoms with Crippen LogP contribution in [0.25, 0.3) is 0 Å². The van der Waals surface area contributed by atoms with E-state index in [1.54, 1.807) is 0 Å². The maximum absolute atomic E-state index is 13.9. The Kier molecular flexibility index (Phi) is 11.4. The molecule has 12 nitrogen and oxygen atoms in total. The van der Waals surface area contributed by atoms with Crippen LogP contribution in [0.1, 0.15) is 134 Å². The van der Waals surface area contributed by atoms with Gasteiger partial charge in [0.15, 0.2) is 0 Å². The predicted octanol–water partition coefficient (Wildman–Crippen LogP) is 4.96. The average molecular weight is 668 g/mol. The smallest absolute Gasteiger partial charge is 0.310 e. The van der Waals surface area contributed by atoms with E-state index in [0.717, 1.165) is 0 Å². The van der Waals surface area contributed by atoms with Crippen LogP contribution in [-0.2, 0) is 33.4 Å². The number of nitrogens with one attached hydrogen (secondary N) is 1. The molecule has 0 spiro atoms. The Morgan fingerprint density at radius 1 is 0.638 bits per heavy atom.